The maximum Gasteiger partial charge on any atom is 0.0158 e. The van der Waals surface area contributed by atoms with Crippen molar-refractivity contribution in [1.29, 1.82) is 0 Å². The Bertz CT molecular complexity index is 1130. The Morgan fingerprint density at radius 2 is 1.83 bits per heavy atom. The Hall–Kier alpha value is -1.76. The average molecular weight is 468 g/mol. The molecular formula is C34H45N. The van der Waals surface area contributed by atoms with Gasteiger partial charge in [0.1, 0.15) is 0 Å². The van der Waals surface area contributed by atoms with E-state index in [1.807, 2.05) is 16.7 Å². The molecule has 0 radical (unpaired) electrons. The van der Waals surface area contributed by atoms with Crippen LogP contribution in [0, 0.1) is 45.8 Å². The van der Waals surface area contributed by atoms with E-state index in [0.29, 0.717) is 16.7 Å². The molecule has 0 amide bonds. The molecule has 0 aliphatic heterocycles. The monoisotopic (exact) mass is 467 g/mol. The normalized spacial score (nSPS) is 48.1. The molecule has 7 aliphatic rings. The first kappa shape index (κ1) is 22.4. The van der Waals surface area contributed by atoms with Crippen molar-refractivity contribution < 1.29 is 0 Å². The highest BCUT2D eigenvalue weighted by Gasteiger charge is 2.72. The summed E-state index contributed by atoms with van der Waals surface area (Å²) in [4.78, 5) is 0. The minimum Gasteiger partial charge on any atom is -0.402 e. The zero-order valence-corrected chi connectivity index (χ0v) is 22.3. The lowest BCUT2D eigenvalue weighted by molar-refractivity contribution is -0.0489. The molecule has 0 heterocycles. The largest absolute Gasteiger partial charge is 0.402 e. The first-order valence-electron chi connectivity index (χ1n) is 14.9. The van der Waals surface area contributed by atoms with Gasteiger partial charge in [0.15, 0.2) is 0 Å². The second-order valence-electron chi connectivity index (χ2n) is 13.8. The van der Waals surface area contributed by atoms with Gasteiger partial charge in [0, 0.05) is 16.5 Å². The van der Waals surface area contributed by atoms with Crippen molar-refractivity contribution in [3.63, 3.8) is 0 Å². The van der Waals surface area contributed by atoms with Crippen LogP contribution in [0.4, 0.5) is 0 Å². The SMILES string of the molecule is CC1CCCC2C1C1=CC(C3(C)C=CC=CC3)=C(N)CC1C21C2=C(CCC=C2)C2CCCCC21C. The van der Waals surface area contributed by atoms with E-state index >= 15 is 0 Å². The molecule has 35 heavy (non-hydrogen) atoms. The van der Waals surface area contributed by atoms with Crippen LogP contribution in [-0.2, 0) is 0 Å². The summed E-state index contributed by atoms with van der Waals surface area (Å²) in [6.07, 6.45) is 31.7. The van der Waals surface area contributed by atoms with Gasteiger partial charge in [0.05, 0.1) is 0 Å². The van der Waals surface area contributed by atoms with Crippen molar-refractivity contribution in [3.05, 3.63) is 70.5 Å². The summed E-state index contributed by atoms with van der Waals surface area (Å²) in [6.45, 7) is 7.76. The Labute approximate surface area is 213 Å². The van der Waals surface area contributed by atoms with Gasteiger partial charge in [-0.05, 0) is 91.1 Å². The van der Waals surface area contributed by atoms with Gasteiger partial charge in [-0.3, -0.25) is 0 Å². The Morgan fingerprint density at radius 1 is 0.943 bits per heavy atom. The van der Waals surface area contributed by atoms with Gasteiger partial charge in [-0.1, -0.05) is 100 Å². The summed E-state index contributed by atoms with van der Waals surface area (Å²) in [5, 5.41) is 0. The standard InChI is InChI=1S/C34H45N/c1-22-12-11-16-27-31(22)24-20-29(32(2)17-8-4-9-18-32)30(35)21-28(24)34(27)26-15-6-5-13-23(26)25-14-7-10-19-33(25,34)3/h4,6,8-9,15,17,20,22,25,27-28,31H,5,7,10-14,16,18-19,21,35H2,1-3H3. The average Bonchev–Trinajstić information content (AvgIpc) is 3.28. The summed E-state index contributed by atoms with van der Waals surface area (Å²) in [5.74, 6) is 3.74. The summed E-state index contributed by atoms with van der Waals surface area (Å²) in [6, 6.07) is 0. The molecule has 0 aromatic carbocycles. The maximum atomic E-state index is 7.15. The lowest BCUT2D eigenvalue weighted by Gasteiger charge is -2.56. The van der Waals surface area contributed by atoms with Gasteiger partial charge in [-0.25, -0.2) is 0 Å². The maximum absolute atomic E-state index is 7.15. The smallest absolute Gasteiger partial charge is 0.0158 e. The molecule has 8 unspecified atom stereocenters. The van der Waals surface area contributed by atoms with Crippen LogP contribution in [0.1, 0.15) is 91.4 Å². The number of rotatable bonds is 1. The van der Waals surface area contributed by atoms with Crippen LogP contribution in [-0.4, -0.2) is 0 Å². The molecule has 186 valence electrons. The highest BCUT2D eigenvalue weighted by Crippen LogP contribution is 2.79. The predicted octanol–water partition coefficient (Wildman–Crippen LogP) is 8.58. The van der Waals surface area contributed by atoms with Crippen molar-refractivity contribution in [2.24, 2.45) is 51.6 Å². The summed E-state index contributed by atoms with van der Waals surface area (Å²) < 4.78 is 0. The van der Waals surface area contributed by atoms with Crippen LogP contribution in [0.3, 0.4) is 0 Å². The van der Waals surface area contributed by atoms with E-state index < -0.39 is 0 Å². The first-order chi connectivity index (χ1) is 16.9. The zero-order valence-electron chi connectivity index (χ0n) is 22.3. The van der Waals surface area contributed by atoms with E-state index in [1.165, 1.54) is 69.1 Å². The van der Waals surface area contributed by atoms with E-state index in [0.717, 1.165) is 36.5 Å². The lowest BCUT2D eigenvalue weighted by atomic mass is 9.47. The predicted molar refractivity (Wildman–Crippen MR) is 146 cm³/mol. The number of fused-ring (bicyclic) bond motifs is 9. The van der Waals surface area contributed by atoms with Gasteiger partial charge in [0.2, 0.25) is 0 Å². The quantitative estimate of drug-likeness (QED) is 0.410. The minimum absolute atomic E-state index is 0.0437. The van der Waals surface area contributed by atoms with E-state index in [2.05, 4.69) is 63.3 Å². The van der Waals surface area contributed by atoms with Crippen molar-refractivity contribution in [2.75, 3.05) is 0 Å². The molecular weight excluding hydrogens is 422 g/mol. The fourth-order valence-corrected chi connectivity index (χ4v) is 11.1. The minimum atomic E-state index is 0.0437. The molecule has 0 saturated heterocycles. The molecule has 0 bridgehead atoms. The van der Waals surface area contributed by atoms with Crippen LogP contribution in [0.25, 0.3) is 0 Å². The molecule has 1 spiro atoms. The fourth-order valence-electron chi connectivity index (χ4n) is 11.1. The van der Waals surface area contributed by atoms with Crippen molar-refractivity contribution in [3.8, 4) is 0 Å². The fraction of sp³-hybridized carbons (Fsp3) is 0.647. The van der Waals surface area contributed by atoms with E-state index in [1.54, 1.807) is 0 Å². The second-order valence-corrected chi connectivity index (χ2v) is 13.8. The molecule has 2 N–H and O–H groups in total. The lowest BCUT2D eigenvalue weighted by Crippen LogP contribution is -2.51. The van der Waals surface area contributed by atoms with Crippen LogP contribution < -0.4 is 5.73 Å². The second kappa shape index (κ2) is 7.62. The van der Waals surface area contributed by atoms with Gasteiger partial charge < -0.3 is 5.73 Å². The molecule has 1 nitrogen and oxygen atoms in total. The third-order valence-corrected chi connectivity index (χ3v) is 12.3. The summed E-state index contributed by atoms with van der Waals surface area (Å²) >= 11 is 0. The molecule has 3 saturated carbocycles. The van der Waals surface area contributed by atoms with Gasteiger partial charge in [0.25, 0.3) is 0 Å². The van der Waals surface area contributed by atoms with E-state index in [-0.39, 0.29) is 5.41 Å². The van der Waals surface area contributed by atoms with E-state index in [4.69, 9.17) is 5.73 Å². The Balaban J connectivity index is 1.45. The molecule has 7 aliphatic carbocycles. The third kappa shape index (κ3) is 2.71. The van der Waals surface area contributed by atoms with E-state index in [9.17, 15) is 0 Å². The Kier molecular flexibility index (Phi) is 4.89. The van der Waals surface area contributed by atoms with Crippen LogP contribution >= 0.6 is 0 Å². The molecule has 7 rings (SSSR count). The summed E-state index contributed by atoms with van der Waals surface area (Å²) in [7, 11) is 0. The topological polar surface area (TPSA) is 26.0 Å². The van der Waals surface area contributed by atoms with Gasteiger partial charge in [-0.15, -0.1) is 0 Å². The first-order valence-corrected chi connectivity index (χ1v) is 14.9. The van der Waals surface area contributed by atoms with Crippen molar-refractivity contribution in [2.45, 2.75) is 91.4 Å². The van der Waals surface area contributed by atoms with Crippen molar-refractivity contribution in [1.82, 2.24) is 0 Å². The number of hydrogen-bond acceptors (Lipinski definition) is 1. The van der Waals surface area contributed by atoms with Gasteiger partial charge in [-0.2, -0.15) is 0 Å². The number of nitrogens with two attached hydrogens (primary N) is 1. The molecule has 0 aromatic rings. The highest BCUT2D eigenvalue weighted by molar-refractivity contribution is 5.55. The molecule has 3 fully saturated rings. The van der Waals surface area contributed by atoms with Crippen LogP contribution in [0.2, 0.25) is 0 Å². The molecule has 0 aromatic heterocycles. The number of hydrogen-bond donors (Lipinski definition) is 1. The highest BCUT2D eigenvalue weighted by atomic mass is 14.8. The summed E-state index contributed by atoms with van der Waals surface area (Å²) in [5.41, 5.74) is 16.0. The molecule has 8 atom stereocenters. The Morgan fingerprint density at radius 3 is 2.66 bits per heavy atom. The zero-order chi connectivity index (χ0) is 24.0. The molecule has 1 heteroatoms. The third-order valence-electron chi connectivity index (χ3n) is 12.3. The van der Waals surface area contributed by atoms with Gasteiger partial charge >= 0.3 is 0 Å². The van der Waals surface area contributed by atoms with Crippen LogP contribution in [0.5, 0.6) is 0 Å². The van der Waals surface area contributed by atoms with Crippen molar-refractivity contribution >= 4 is 0 Å². The van der Waals surface area contributed by atoms with Crippen LogP contribution in [0.15, 0.2) is 70.5 Å². The number of allylic oxidation sites excluding steroid dienone is 12.